The summed E-state index contributed by atoms with van der Waals surface area (Å²) in [6, 6.07) is 8.24. The van der Waals surface area contributed by atoms with Crippen molar-refractivity contribution in [3.05, 3.63) is 46.5 Å². The Hall–Kier alpha value is -2.25. The maximum atomic E-state index is 12.4. The number of thiazole rings is 1. The lowest BCUT2D eigenvalue weighted by Gasteiger charge is -2.30. The van der Waals surface area contributed by atoms with E-state index in [2.05, 4.69) is 51.7 Å². The van der Waals surface area contributed by atoms with Crippen molar-refractivity contribution in [1.29, 1.82) is 0 Å². The Labute approximate surface area is 164 Å². The molecule has 1 fully saturated rings. The normalized spacial score (nSPS) is 15.5. The molecule has 0 saturated carbocycles. The van der Waals surface area contributed by atoms with Crippen LogP contribution in [0.15, 0.2) is 29.6 Å². The molecule has 0 radical (unpaired) electrons. The number of benzene rings is 1. The number of carbonyl (C=O) groups is 2. The molecule has 27 heavy (non-hydrogen) atoms. The summed E-state index contributed by atoms with van der Waals surface area (Å²) >= 11 is 1.44. The van der Waals surface area contributed by atoms with Crippen molar-refractivity contribution in [1.82, 2.24) is 15.2 Å². The number of rotatable bonds is 6. The van der Waals surface area contributed by atoms with E-state index in [1.807, 2.05) is 5.38 Å². The quantitative estimate of drug-likeness (QED) is 0.800. The van der Waals surface area contributed by atoms with Crippen LogP contribution in [0, 0.1) is 12.8 Å². The van der Waals surface area contributed by atoms with E-state index in [-0.39, 0.29) is 17.7 Å². The largest absolute Gasteiger partial charge is 0.352 e. The van der Waals surface area contributed by atoms with Crippen molar-refractivity contribution in [2.24, 2.45) is 5.92 Å². The third kappa shape index (κ3) is 5.87. The topological polar surface area (TPSA) is 74.3 Å². The van der Waals surface area contributed by atoms with Gasteiger partial charge < -0.3 is 10.6 Å². The molecule has 2 N–H and O–H groups in total. The van der Waals surface area contributed by atoms with Crippen LogP contribution in [0.1, 0.15) is 36.6 Å². The first-order valence-electron chi connectivity index (χ1n) is 9.27. The second-order valence-corrected chi connectivity index (χ2v) is 7.94. The molecule has 0 atom stereocenters. The number of nitrogens with zero attached hydrogens (tertiary/aromatic N) is 2. The summed E-state index contributed by atoms with van der Waals surface area (Å²) in [4.78, 5) is 30.3. The second kappa shape index (κ2) is 9.10. The van der Waals surface area contributed by atoms with Gasteiger partial charge in [0.15, 0.2) is 5.13 Å². The highest BCUT2D eigenvalue weighted by molar-refractivity contribution is 7.13. The van der Waals surface area contributed by atoms with Gasteiger partial charge in [-0.05, 0) is 38.4 Å². The lowest BCUT2D eigenvalue weighted by molar-refractivity contribution is -0.126. The zero-order chi connectivity index (χ0) is 19.2. The highest BCUT2D eigenvalue weighted by atomic mass is 32.1. The fraction of sp³-hybridized carbons (Fsp3) is 0.450. The molecule has 0 aliphatic carbocycles. The first-order chi connectivity index (χ1) is 13.0. The zero-order valence-electron chi connectivity index (χ0n) is 15.8. The molecule has 0 spiro atoms. The number of hydrogen-bond donors (Lipinski definition) is 2. The summed E-state index contributed by atoms with van der Waals surface area (Å²) in [7, 11) is 0. The van der Waals surface area contributed by atoms with E-state index in [9.17, 15) is 9.59 Å². The predicted molar refractivity (Wildman–Crippen MR) is 107 cm³/mol. The Morgan fingerprint density at radius 2 is 1.93 bits per heavy atom. The summed E-state index contributed by atoms with van der Waals surface area (Å²) in [5.41, 5.74) is 3.32. The highest BCUT2D eigenvalue weighted by Gasteiger charge is 2.25. The van der Waals surface area contributed by atoms with Crippen molar-refractivity contribution in [2.75, 3.05) is 18.4 Å². The molecule has 2 amide bonds. The Kier molecular flexibility index (Phi) is 6.58. The molecular formula is C20H26N4O2S. The van der Waals surface area contributed by atoms with E-state index < -0.39 is 0 Å². The number of amides is 2. The van der Waals surface area contributed by atoms with Crippen molar-refractivity contribution in [3.8, 4) is 0 Å². The molecule has 2 aromatic rings. The van der Waals surface area contributed by atoms with Crippen molar-refractivity contribution in [3.63, 3.8) is 0 Å². The molecule has 1 aromatic carbocycles. The third-order valence-corrected chi connectivity index (χ3v) is 5.57. The number of anilines is 1. The summed E-state index contributed by atoms with van der Waals surface area (Å²) < 4.78 is 0. The SMILES string of the molecule is CC(=O)Nc1nc(CN2CCC(C(=O)NCc3ccc(C)cc3)CC2)cs1. The Morgan fingerprint density at radius 1 is 1.22 bits per heavy atom. The molecule has 0 bridgehead atoms. The van der Waals surface area contributed by atoms with Gasteiger partial charge in [-0.25, -0.2) is 4.98 Å². The summed E-state index contributed by atoms with van der Waals surface area (Å²) in [6.45, 7) is 6.65. The molecule has 144 valence electrons. The summed E-state index contributed by atoms with van der Waals surface area (Å²) in [5.74, 6) is 0.127. The lowest BCUT2D eigenvalue weighted by atomic mass is 9.95. The molecule has 6 nitrogen and oxygen atoms in total. The number of likely N-dealkylation sites (tertiary alicyclic amines) is 1. The molecule has 1 aliphatic rings. The van der Waals surface area contributed by atoms with E-state index in [0.29, 0.717) is 11.7 Å². The van der Waals surface area contributed by atoms with Crippen LogP contribution in [0.2, 0.25) is 0 Å². The number of piperidine rings is 1. The number of carbonyl (C=O) groups excluding carboxylic acids is 2. The minimum atomic E-state index is -0.103. The Morgan fingerprint density at radius 3 is 2.59 bits per heavy atom. The van der Waals surface area contributed by atoms with E-state index in [4.69, 9.17) is 0 Å². The van der Waals surface area contributed by atoms with E-state index in [1.54, 1.807) is 0 Å². The summed E-state index contributed by atoms with van der Waals surface area (Å²) in [6.07, 6.45) is 1.73. The predicted octanol–water partition coefficient (Wildman–Crippen LogP) is 2.94. The number of aryl methyl sites for hydroxylation is 1. The molecular weight excluding hydrogens is 360 g/mol. The smallest absolute Gasteiger partial charge is 0.223 e. The van der Waals surface area contributed by atoms with Gasteiger partial charge >= 0.3 is 0 Å². The monoisotopic (exact) mass is 386 g/mol. The lowest BCUT2D eigenvalue weighted by Crippen LogP contribution is -2.40. The van der Waals surface area contributed by atoms with Crippen molar-refractivity contribution >= 4 is 28.3 Å². The first-order valence-corrected chi connectivity index (χ1v) is 10.1. The third-order valence-electron chi connectivity index (χ3n) is 4.77. The van der Waals surface area contributed by atoms with Gasteiger partial charge in [0.2, 0.25) is 11.8 Å². The van der Waals surface area contributed by atoms with E-state index in [1.165, 1.54) is 23.8 Å². The summed E-state index contributed by atoms with van der Waals surface area (Å²) in [5, 5.41) is 8.40. The Balaban J connectivity index is 1.41. The zero-order valence-corrected chi connectivity index (χ0v) is 16.6. The van der Waals surface area contributed by atoms with Crippen molar-refractivity contribution in [2.45, 2.75) is 39.8 Å². The van der Waals surface area contributed by atoms with Gasteiger partial charge in [-0.15, -0.1) is 11.3 Å². The number of nitrogens with one attached hydrogen (secondary N) is 2. The van der Waals surface area contributed by atoms with Crippen molar-refractivity contribution < 1.29 is 9.59 Å². The molecule has 3 rings (SSSR count). The van der Waals surface area contributed by atoms with Gasteiger partial charge in [0.1, 0.15) is 0 Å². The molecule has 7 heteroatoms. The Bertz CT molecular complexity index is 780. The van der Waals surface area contributed by atoms with Gasteiger partial charge in [-0.1, -0.05) is 29.8 Å². The van der Waals surface area contributed by atoms with Gasteiger partial charge in [0.05, 0.1) is 5.69 Å². The molecule has 1 aromatic heterocycles. The van der Waals surface area contributed by atoms with E-state index >= 15 is 0 Å². The average Bonchev–Trinajstić information content (AvgIpc) is 3.07. The van der Waals surface area contributed by atoms with Gasteiger partial charge in [-0.2, -0.15) is 0 Å². The van der Waals surface area contributed by atoms with Crippen LogP contribution in [0.3, 0.4) is 0 Å². The molecule has 2 heterocycles. The minimum absolute atomic E-state index is 0.0806. The maximum absolute atomic E-state index is 12.4. The average molecular weight is 387 g/mol. The van der Waals surface area contributed by atoms with Crippen LogP contribution in [-0.4, -0.2) is 34.8 Å². The maximum Gasteiger partial charge on any atom is 0.223 e. The van der Waals surface area contributed by atoms with E-state index in [0.717, 1.165) is 43.7 Å². The first kappa shape index (κ1) is 19.5. The van der Waals surface area contributed by atoms with Crippen LogP contribution >= 0.6 is 11.3 Å². The highest BCUT2D eigenvalue weighted by Crippen LogP contribution is 2.21. The second-order valence-electron chi connectivity index (χ2n) is 7.08. The number of hydrogen-bond acceptors (Lipinski definition) is 5. The molecule has 0 unspecified atom stereocenters. The fourth-order valence-corrected chi connectivity index (χ4v) is 3.96. The standard InChI is InChI=1S/C20H26N4O2S/c1-14-3-5-16(6-4-14)11-21-19(26)17-7-9-24(10-8-17)12-18-13-27-20(23-18)22-15(2)25/h3-6,13,17H,7-12H2,1-2H3,(H,21,26)(H,22,23,25). The van der Waals surface area contributed by atoms with Crippen LogP contribution in [0.25, 0.3) is 0 Å². The van der Waals surface area contributed by atoms with Gasteiger partial charge in [-0.3, -0.25) is 14.5 Å². The van der Waals surface area contributed by atoms with Crippen LogP contribution in [0.5, 0.6) is 0 Å². The molecule has 1 saturated heterocycles. The van der Waals surface area contributed by atoms with Gasteiger partial charge in [0.25, 0.3) is 0 Å². The minimum Gasteiger partial charge on any atom is -0.352 e. The fourth-order valence-electron chi connectivity index (χ4n) is 3.21. The van der Waals surface area contributed by atoms with Crippen LogP contribution < -0.4 is 10.6 Å². The molecule has 1 aliphatic heterocycles. The van der Waals surface area contributed by atoms with Crippen LogP contribution in [0.4, 0.5) is 5.13 Å². The van der Waals surface area contributed by atoms with Crippen LogP contribution in [-0.2, 0) is 22.7 Å². The number of aromatic nitrogens is 1. The van der Waals surface area contributed by atoms with Gasteiger partial charge in [0, 0.05) is 31.3 Å².